The molecule has 0 unspecified atom stereocenters. The van der Waals surface area contributed by atoms with Crippen LogP contribution in [0.5, 0.6) is 0 Å². The summed E-state index contributed by atoms with van der Waals surface area (Å²) in [6.07, 6.45) is 1.51. The highest BCUT2D eigenvalue weighted by Gasteiger charge is 2.05. The van der Waals surface area contributed by atoms with Gasteiger partial charge in [0.15, 0.2) is 12.4 Å². The molecule has 0 aliphatic carbocycles. The molecule has 0 fully saturated rings. The summed E-state index contributed by atoms with van der Waals surface area (Å²) in [4.78, 5) is 13.7. The molecule has 0 amide bonds. The van der Waals surface area contributed by atoms with Crippen molar-refractivity contribution in [3.8, 4) is 17.9 Å². The summed E-state index contributed by atoms with van der Waals surface area (Å²) in [5.41, 5.74) is -0.0469. The van der Waals surface area contributed by atoms with Crippen molar-refractivity contribution >= 4 is 6.29 Å². The second kappa shape index (κ2) is 3.99. The summed E-state index contributed by atoms with van der Waals surface area (Å²) >= 11 is 0. The Labute approximate surface area is 73.8 Å². The fourth-order valence-corrected chi connectivity index (χ4v) is 0.764. The first kappa shape index (κ1) is 8.89. The van der Waals surface area contributed by atoms with Gasteiger partial charge in [-0.15, -0.1) is 0 Å². The van der Waals surface area contributed by atoms with E-state index >= 15 is 0 Å². The standard InChI is InChI=1S/C9H3FN2O/c10-9-8(6-13)7(2-1-4-11)3-5-12-9/h3,5-6H. The number of hydrogen-bond donors (Lipinski definition) is 0. The molecule has 0 saturated carbocycles. The van der Waals surface area contributed by atoms with Gasteiger partial charge >= 0.3 is 0 Å². The van der Waals surface area contributed by atoms with E-state index in [2.05, 4.69) is 16.8 Å². The first-order chi connectivity index (χ1) is 6.29. The number of hydrogen-bond acceptors (Lipinski definition) is 3. The van der Waals surface area contributed by atoms with Gasteiger partial charge in [0.2, 0.25) is 5.95 Å². The molecule has 0 atom stereocenters. The third-order valence-electron chi connectivity index (χ3n) is 1.31. The third-order valence-corrected chi connectivity index (χ3v) is 1.31. The summed E-state index contributed by atoms with van der Waals surface area (Å²) in [5, 5.41) is 8.14. The molecule has 1 heterocycles. The Morgan fingerprint density at radius 3 is 3.00 bits per heavy atom. The molecule has 0 aromatic carbocycles. The van der Waals surface area contributed by atoms with E-state index in [4.69, 9.17) is 5.26 Å². The predicted molar refractivity (Wildman–Crippen MR) is 42.1 cm³/mol. The SMILES string of the molecule is N#CC#Cc1ccnc(F)c1C=O. The van der Waals surface area contributed by atoms with Gasteiger partial charge in [0.05, 0.1) is 5.56 Å². The van der Waals surface area contributed by atoms with E-state index in [1.807, 2.05) is 0 Å². The van der Waals surface area contributed by atoms with Gasteiger partial charge in [-0.1, -0.05) is 0 Å². The topological polar surface area (TPSA) is 53.8 Å². The van der Waals surface area contributed by atoms with Gasteiger partial charge in [0, 0.05) is 17.7 Å². The van der Waals surface area contributed by atoms with Crippen molar-refractivity contribution in [3.05, 3.63) is 29.3 Å². The van der Waals surface area contributed by atoms with Gasteiger partial charge in [-0.25, -0.2) is 4.98 Å². The van der Waals surface area contributed by atoms with Crippen LogP contribution in [-0.2, 0) is 0 Å². The molecule has 0 spiro atoms. The fraction of sp³-hybridized carbons (Fsp3) is 0. The van der Waals surface area contributed by atoms with Crippen molar-refractivity contribution in [1.82, 2.24) is 4.98 Å². The van der Waals surface area contributed by atoms with E-state index in [1.54, 1.807) is 6.07 Å². The molecule has 0 aliphatic heterocycles. The fourth-order valence-electron chi connectivity index (χ4n) is 0.764. The zero-order chi connectivity index (χ0) is 9.68. The van der Waals surface area contributed by atoms with Crippen LogP contribution in [0.2, 0.25) is 0 Å². The molecule has 1 rings (SSSR count). The van der Waals surface area contributed by atoms with E-state index in [1.165, 1.54) is 12.3 Å². The number of nitrogens with zero attached hydrogens (tertiary/aromatic N) is 2. The molecule has 1 aromatic heterocycles. The van der Waals surface area contributed by atoms with E-state index in [0.717, 1.165) is 0 Å². The number of pyridine rings is 1. The monoisotopic (exact) mass is 174 g/mol. The van der Waals surface area contributed by atoms with Crippen LogP contribution in [0.4, 0.5) is 4.39 Å². The predicted octanol–water partition coefficient (Wildman–Crippen LogP) is 0.908. The molecular weight excluding hydrogens is 171 g/mol. The first-order valence-electron chi connectivity index (χ1n) is 3.29. The van der Waals surface area contributed by atoms with Crippen molar-refractivity contribution in [1.29, 1.82) is 5.26 Å². The van der Waals surface area contributed by atoms with Gasteiger partial charge in [-0.05, 0) is 12.0 Å². The molecule has 0 saturated heterocycles. The van der Waals surface area contributed by atoms with Crippen molar-refractivity contribution < 1.29 is 9.18 Å². The number of rotatable bonds is 1. The third kappa shape index (κ3) is 1.88. The molecule has 0 radical (unpaired) electrons. The largest absolute Gasteiger partial charge is 0.298 e. The molecule has 1 aromatic rings. The van der Waals surface area contributed by atoms with E-state index < -0.39 is 5.95 Å². The quantitative estimate of drug-likeness (QED) is 0.361. The highest BCUT2D eigenvalue weighted by Crippen LogP contribution is 2.06. The number of halogens is 1. The van der Waals surface area contributed by atoms with Crippen molar-refractivity contribution in [2.45, 2.75) is 0 Å². The van der Waals surface area contributed by atoms with Gasteiger partial charge in [0.25, 0.3) is 0 Å². The highest BCUT2D eigenvalue weighted by molar-refractivity contribution is 5.79. The average Bonchev–Trinajstić information content (AvgIpc) is 2.15. The molecule has 0 aliphatic rings. The minimum absolute atomic E-state index is 0.170. The van der Waals surface area contributed by atoms with E-state index in [9.17, 15) is 9.18 Å². The zero-order valence-electron chi connectivity index (χ0n) is 6.41. The summed E-state index contributed by atoms with van der Waals surface area (Å²) < 4.78 is 12.8. The highest BCUT2D eigenvalue weighted by atomic mass is 19.1. The van der Waals surface area contributed by atoms with Gasteiger partial charge in [-0.2, -0.15) is 9.65 Å². The molecule has 0 bridgehead atoms. The second-order valence-electron chi connectivity index (χ2n) is 2.04. The Kier molecular flexibility index (Phi) is 2.73. The Balaban J connectivity index is 3.30. The van der Waals surface area contributed by atoms with Crippen molar-refractivity contribution in [2.24, 2.45) is 0 Å². The number of nitriles is 1. The van der Waals surface area contributed by atoms with Gasteiger partial charge in [0.1, 0.15) is 0 Å². The number of aldehydes is 1. The van der Waals surface area contributed by atoms with E-state index in [-0.39, 0.29) is 11.1 Å². The minimum Gasteiger partial charge on any atom is -0.298 e. The van der Waals surface area contributed by atoms with Crippen molar-refractivity contribution in [3.63, 3.8) is 0 Å². The Morgan fingerprint density at radius 1 is 1.62 bits per heavy atom. The van der Waals surface area contributed by atoms with Crippen LogP contribution >= 0.6 is 0 Å². The molecule has 0 N–H and O–H groups in total. The molecule has 3 nitrogen and oxygen atoms in total. The Bertz CT molecular complexity index is 437. The Morgan fingerprint density at radius 2 is 2.38 bits per heavy atom. The smallest absolute Gasteiger partial charge is 0.224 e. The normalized spacial score (nSPS) is 8.00. The lowest BCUT2D eigenvalue weighted by Gasteiger charge is -1.94. The summed E-state index contributed by atoms with van der Waals surface area (Å²) in [5.74, 6) is 3.53. The number of carbonyl (C=O) groups excluding carboxylic acids is 1. The van der Waals surface area contributed by atoms with Gasteiger partial charge in [-0.3, -0.25) is 4.79 Å². The van der Waals surface area contributed by atoms with E-state index in [0.29, 0.717) is 6.29 Å². The maximum Gasteiger partial charge on any atom is 0.224 e. The van der Waals surface area contributed by atoms with Crippen LogP contribution in [-0.4, -0.2) is 11.3 Å². The Hall–Kier alpha value is -2.20. The van der Waals surface area contributed by atoms with Gasteiger partial charge < -0.3 is 0 Å². The minimum atomic E-state index is -0.875. The zero-order valence-corrected chi connectivity index (χ0v) is 6.41. The summed E-state index contributed by atoms with van der Waals surface area (Å²) in [7, 11) is 0. The number of carbonyl (C=O) groups is 1. The molecule has 13 heavy (non-hydrogen) atoms. The van der Waals surface area contributed by atoms with Crippen LogP contribution in [0.15, 0.2) is 12.3 Å². The average molecular weight is 174 g/mol. The first-order valence-corrected chi connectivity index (χ1v) is 3.29. The van der Waals surface area contributed by atoms with Crippen LogP contribution in [0.3, 0.4) is 0 Å². The molecule has 62 valence electrons. The van der Waals surface area contributed by atoms with Crippen LogP contribution in [0, 0.1) is 29.1 Å². The second-order valence-corrected chi connectivity index (χ2v) is 2.04. The summed E-state index contributed by atoms with van der Waals surface area (Å²) in [6, 6.07) is 2.94. The number of aromatic nitrogens is 1. The van der Waals surface area contributed by atoms with Crippen LogP contribution < -0.4 is 0 Å². The lowest BCUT2D eigenvalue weighted by atomic mass is 10.1. The van der Waals surface area contributed by atoms with Crippen molar-refractivity contribution in [2.75, 3.05) is 0 Å². The lowest BCUT2D eigenvalue weighted by molar-refractivity contribution is 0.111. The maximum atomic E-state index is 12.8. The lowest BCUT2D eigenvalue weighted by Crippen LogP contribution is -1.95. The summed E-state index contributed by atoms with van der Waals surface area (Å²) in [6.45, 7) is 0. The maximum absolute atomic E-state index is 12.8. The van der Waals surface area contributed by atoms with Crippen LogP contribution in [0.25, 0.3) is 0 Å². The molecule has 4 heteroatoms. The van der Waals surface area contributed by atoms with Crippen LogP contribution in [0.1, 0.15) is 15.9 Å². The molecular formula is C9H3FN2O.